The third-order valence-corrected chi connectivity index (χ3v) is 3.32. The second-order valence-electron chi connectivity index (χ2n) is 4.70. The van der Waals surface area contributed by atoms with Crippen LogP contribution in [-0.4, -0.2) is 23.1 Å². The van der Waals surface area contributed by atoms with Crippen molar-refractivity contribution in [1.82, 2.24) is 9.97 Å². The lowest BCUT2D eigenvalue weighted by atomic mass is 9.89. The van der Waals surface area contributed by atoms with Gasteiger partial charge in [0.05, 0.1) is 0 Å². The highest BCUT2D eigenvalue weighted by Gasteiger charge is 2.13. The van der Waals surface area contributed by atoms with Crippen LogP contribution >= 0.6 is 0 Å². The summed E-state index contributed by atoms with van der Waals surface area (Å²) in [5.41, 5.74) is 0. The Morgan fingerprint density at radius 2 is 1.82 bits per heavy atom. The third kappa shape index (κ3) is 3.88. The minimum Gasteiger partial charge on any atom is -0.370 e. The Labute approximate surface area is 103 Å². The highest BCUT2D eigenvalue weighted by Crippen LogP contribution is 2.23. The molecule has 0 amide bonds. The molecular weight excluding hydrogens is 212 g/mol. The molecule has 0 radical (unpaired) electrons. The van der Waals surface area contributed by atoms with Crippen LogP contribution in [0.4, 0.5) is 11.6 Å². The van der Waals surface area contributed by atoms with Crippen LogP contribution in [0, 0.1) is 5.92 Å². The lowest BCUT2D eigenvalue weighted by Crippen LogP contribution is -2.17. The van der Waals surface area contributed by atoms with Crippen LogP contribution in [0.1, 0.15) is 39.0 Å². The normalized spacial score (nSPS) is 16.8. The van der Waals surface area contributed by atoms with Crippen molar-refractivity contribution in [3.05, 3.63) is 12.4 Å². The average Bonchev–Trinajstić information content (AvgIpc) is 2.39. The van der Waals surface area contributed by atoms with E-state index in [1.165, 1.54) is 32.1 Å². The molecule has 0 saturated heterocycles. The second-order valence-corrected chi connectivity index (χ2v) is 4.70. The fourth-order valence-electron chi connectivity index (χ4n) is 2.37. The Morgan fingerprint density at radius 3 is 2.53 bits per heavy atom. The van der Waals surface area contributed by atoms with Gasteiger partial charge in [-0.1, -0.05) is 19.3 Å². The summed E-state index contributed by atoms with van der Waals surface area (Å²) in [4.78, 5) is 8.41. The molecule has 1 aromatic heterocycles. The number of rotatable bonds is 5. The third-order valence-electron chi connectivity index (χ3n) is 3.32. The molecule has 4 nitrogen and oxygen atoms in total. The fraction of sp³-hybridized carbons (Fsp3) is 0.692. The average molecular weight is 234 g/mol. The van der Waals surface area contributed by atoms with Gasteiger partial charge in [0, 0.05) is 19.2 Å². The van der Waals surface area contributed by atoms with Gasteiger partial charge in [-0.15, -0.1) is 0 Å². The predicted molar refractivity (Wildman–Crippen MR) is 71.3 cm³/mol. The van der Waals surface area contributed by atoms with Crippen LogP contribution < -0.4 is 10.6 Å². The number of hydrogen-bond acceptors (Lipinski definition) is 4. The first-order valence-corrected chi connectivity index (χ1v) is 6.68. The Kier molecular flexibility index (Phi) is 4.59. The van der Waals surface area contributed by atoms with Crippen LogP contribution in [0.15, 0.2) is 12.4 Å². The van der Waals surface area contributed by atoms with E-state index in [0.29, 0.717) is 0 Å². The maximum absolute atomic E-state index is 4.24. The maximum Gasteiger partial charge on any atom is 0.131 e. The zero-order chi connectivity index (χ0) is 11.9. The minimum absolute atomic E-state index is 0.821. The highest BCUT2D eigenvalue weighted by molar-refractivity contribution is 5.46. The fourth-order valence-corrected chi connectivity index (χ4v) is 2.37. The molecule has 1 fully saturated rings. The molecular formula is C13H22N4. The summed E-state index contributed by atoms with van der Waals surface area (Å²) in [6.45, 7) is 4.00. The van der Waals surface area contributed by atoms with Crippen molar-refractivity contribution in [2.75, 3.05) is 23.7 Å². The van der Waals surface area contributed by atoms with Gasteiger partial charge in [-0.2, -0.15) is 0 Å². The van der Waals surface area contributed by atoms with E-state index in [4.69, 9.17) is 0 Å². The van der Waals surface area contributed by atoms with E-state index >= 15 is 0 Å². The first kappa shape index (κ1) is 12.1. The molecule has 0 spiro atoms. The van der Waals surface area contributed by atoms with E-state index in [1.807, 2.05) is 6.07 Å². The maximum atomic E-state index is 4.24. The highest BCUT2D eigenvalue weighted by atomic mass is 15.1. The molecule has 1 aromatic rings. The summed E-state index contributed by atoms with van der Waals surface area (Å²) in [5.74, 6) is 2.65. The van der Waals surface area contributed by atoms with Crippen molar-refractivity contribution in [2.45, 2.75) is 39.0 Å². The van der Waals surface area contributed by atoms with Crippen LogP contribution in [0.5, 0.6) is 0 Å². The van der Waals surface area contributed by atoms with Gasteiger partial charge < -0.3 is 10.6 Å². The molecule has 1 saturated carbocycles. The largest absolute Gasteiger partial charge is 0.370 e. The summed E-state index contributed by atoms with van der Waals surface area (Å²) >= 11 is 0. The van der Waals surface area contributed by atoms with Crippen molar-refractivity contribution in [3.63, 3.8) is 0 Å². The summed E-state index contributed by atoms with van der Waals surface area (Å²) in [5, 5.41) is 6.62. The number of nitrogens with one attached hydrogen (secondary N) is 2. The summed E-state index contributed by atoms with van der Waals surface area (Å²) in [7, 11) is 0. The predicted octanol–water partition coefficient (Wildman–Crippen LogP) is 2.90. The number of aromatic nitrogens is 2. The topological polar surface area (TPSA) is 49.8 Å². The van der Waals surface area contributed by atoms with Gasteiger partial charge in [-0.05, 0) is 25.7 Å². The van der Waals surface area contributed by atoms with E-state index in [2.05, 4.69) is 27.5 Å². The SMILES string of the molecule is CCNc1cc(NCC2CCCCC2)ncn1. The van der Waals surface area contributed by atoms with Gasteiger partial charge in [0.2, 0.25) is 0 Å². The molecule has 0 unspecified atom stereocenters. The van der Waals surface area contributed by atoms with Crippen molar-refractivity contribution < 1.29 is 0 Å². The van der Waals surface area contributed by atoms with Crippen LogP contribution in [0.3, 0.4) is 0 Å². The van der Waals surface area contributed by atoms with E-state index in [1.54, 1.807) is 6.33 Å². The Bertz CT molecular complexity index is 334. The number of hydrogen-bond donors (Lipinski definition) is 2. The molecule has 17 heavy (non-hydrogen) atoms. The quantitative estimate of drug-likeness (QED) is 0.822. The van der Waals surface area contributed by atoms with Gasteiger partial charge in [0.1, 0.15) is 18.0 Å². The van der Waals surface area contributed by atoms with Gasteiger partial charge in [-0.25, -0.2) is 9.97 Å². The summed E-state index contributed by atoms with van der Waals surface area (Å²) in [6.07, 6.45) is 8.52. The van der Waals surface area contributed by atoms with Gasteiger partial charge in [-0.3, -0.25) is 0 Å². The van der Waals surface area contributed by atoms with Crippen LogP contribution in [-0.2, 0) is 0 Å². The molecule has 2 N–H and O–H groups in total. The first-order chi connectivity index (χ1) is 8.38. The molecule has 0 aliphatic heterocycles. The molecule has 0 bridgehead atoms. The Hall–Kier alpha value is -1.32. The summed E-state index contributed by atoms with van der Waals surface area (Å²) < 4.78 is 0. The smallest absolute Gasteiger partial charge is 0.131 e. The van der Waals surface area contributed by atoms with Crippen LogP contribution in [0.2, 0.25) is 0 Å². The van der Waals surface area contributed by atoms with Crippen molar-refractivity contribution in [3.8, 4) is 0 Å². The van der Waals surface area contributed by atoms with E-state index in [0.717, 1.165) is 30.6 Å². The monoisotopic (exact) mass is 234 g/mol. The van der Waals surface area contributed by atoms with Gasteiger partial charge in [0.15, 0.2) is 0 Å². The van der Waals surface area contributed by atoms with Gasteiger partial charge in [0.25, 0.3) is 0 Å². The Morgan fingerprint density at radius 1 is 1.12 bits per heavy atom. The van der Waals surface area contributed by atoms with Crippen molar-refractivity contribution in [1.29, 1.82) is 0 Å². The zero-order valence-corrected chi connectivity index (χ0v) is 10.6. The molecule has 0 aromatic carbocycles. The molecule has 94 valence electrons. The standard InChI is InChI=1S/C13H22N4/c1-2-14-12-8-13(17-10-16-12)15-9-11-6-4-3-5-7-11/h8,10-11H,2-7,9H2,1H3,(H2,14,15,16,17). The van der Waals surface area contributed by atoms with E-state index < -0.39 is 0 Å². The molecule has 1 aliphatic rings. The number of nitrogens with zero attached hydrogens (tertiary/aromatic N) is 2. The lowest BCUT2D eigenvalue weighted by Gasteiger charge is -2.21. The zero-order valence-electron chi connectivity index (χ0n) is 10.6. The first-order valence-electron chi connectivity index (χ1n) is 6.68. The van der Waals surface area contributed by atoms with Crippen molar-refractivity contribution >= 4 is 11.6 Å². The molecule has 1 heterocycles. The van der Waals surface area contributed by atoms with E-state index in [9.17, 15) is 0 Å². The summed E-state index contributed by atoms with van der Waals surface area (Å²) in [6, 6.07) is 1.98. The molecule has 0 atom stereocenters. The Balaban J connectivity index is 1.83. The lowest BCUT2D eigenvalue weighted by molar-refractivity contribution is 0.373. The van der Waals surface area contributed by atoms with Crippen molar-refractivity contribution in [2.24, 2.45) is 5.92 Å². The van der Waals surface area contributed by atoms with Gasteiger partial charge >= 0.3 is 0 Å². The van der Waals surface area contributed by atoms with E-state index in [-0.39, 0.29) is 0 Å². The second kappa shape index (κ2) is 6.42. The number of anilines is 2. The molecule has 1 aliphatic carbocycles. The molecule has 4 heteroatoms. The minimum atomic E-state index is 0.821. The van der Waals surface area contributed by atoms with Crippen LogP contribution in [0.25, 0.3) is 0 Å². The molecule has 2 rings (SSSR count).